The van der Waals surface area contributed by atoms with Crippen molar-refractivity contribution >= 4 is 11.0 Å². The second-order valence-corrected chi connectivity index (χ2v) is 6.72. The van der Waals surface area contributed by atoms with Crippen LogP contribution in [0, 0.1) is 0 Å². The number of aromatic amines is 1. The zero-order valence-corrected chi connectivity index (χ0v) is 15.4. The van der Waals surface area contributed by atoms with Crippen LogP contribution in [0.1, 0.15) is 37.4 Å². The summed E-state index contributed by atoms with van der Waals surface area (Å²) in [5.74, 6) is 1.61. The van der Waals surface area contributed by atoms with Crippen LogP contribution in [0.25, 0.3) is 22.2 Å². The summed E-state index contributed by atoms with van der Waals surface area (Å²) in [7, 11) is 0. The molecule has 27 heavy (non-hydrogen) atoms. The van der Waals surface area contributed by atoms with Crippen molar-refractivity contribution in [3.63, 3.8) is 0 Å². The van der Waals surface area contributed by atoms with Crippen LogP contribution in [0.4, 0.5) is 0 Å². The Morgan fingerprint density at radius 2 is 1.48 bits per heavy atom. The molecule has 0 saturated heterocycles. The molecule has 2 N–H and O–H groups in total. The van der Waals surface area contributed by atoms with Crippen LogP contribution in [0.15, 0.2) is 72.8 Å². The summed E-state index contributed by atoms with van der Waals surface area (Å²) in [5.41, 5.74) is 5.09. The SMILES string of the molecule is CC(O)c1ccc(-c2ccc(OC(C)c3nc4ccccc4[nH]3)cc2)cc1. The van der Waals surface area contributed by atoms with Gasteiger partial charge in [0.25, 0.3) is 0 Å². The Hall–Kier alpha value is -3.11. The summed E-state index contributed by atoms with van der Waals surface area (Å²) in [6.45, 7) is 3.75. The lowest BCUT2D eigenvalue weighted by molar-refractivity contribution is 0.199. The van der Waals surface area contributed by atoms with Gasteiger partial charge in [0, 0.05) is 0 Å². The first-order valence-electron chi connectivity index (χ1n) is 9.10. The molecule has 4 nitrogen and oxygen atoms in total. The number of imidazole rings is 1. The first kappa shape index (κ1) is 17.3. The Labute approximate surface area is 158 Å². The minimum Gasteiger partial charge on any atom is -0.483 e. The minimum absolute atomic E-state index is 0.173. The predicted molar refractivity (Wildman–Crippen MR) is 108 cm³/mol. The molecule has 0 amide bonds. The average Bonchev–Trinajstić information content (AvgIpc) is 3.13. The molecule has 0 saturated carbocycles. The third-order valence-corrected chi connectivity index (χ3v) is 4.69. The lowest BCUT2D eigenvalue weighted by Gasteiger charge is -2.13. The van der Waals surface area contributed by atoms with Crippen molar-refractivity contribution < 1.29 is 9.84 Å². The number of hydrogen-bond donors (Lipinski definition) is 2. The van der Waals surface area contributed by atoms with E-state index in [1.807, 2.05) is 79.7 Å². The molecule has 2 unspecified atom stereocenters. The summed E-state index contributed by atoms with van der Waals surface area (Å²) in [5, 5.41) is 9.62. The predicted octanol–water partition coefficient (Wildman–Crippen LogP) is 5.42. The number of aliphatic hydroxyl groups is 1. The summed E-state index contributed by atoms with van der Waals surface area (Å²) in [4.78, 5) is 7.91. The van der Waals surface area contributed by atoms with E-state index in [0.29, 0.717) is 0 Å². The number of nitrogens with one attached hydrogen (secondary N) is 1. The number of aromatic nitrogens is 2. The van der Waals surface area contributed by atoms with Gasteiger partial charge < -0.3 is 14.8 Å². The zero-order chi connectivity index (χ0) is 18.8. The highest BCUT2D eigenvalue weighted by atomic mass is 16.5. The molecule has 1 heterocycles. The fraction of sp³-hybridized carbons (Fsp3) is 0.174. The number of rotatable bonds is 5. The molecule has 0 fully saturated rings. The topological polar surface area (TPSA) is 58.1 Å². The molecule has 4 rings (SSSR count). The first-order valence-corrected chi connectivity index (χ1v) is 9.10. The van der Waals surface area contributed by atoms with Crippen molar-refractivity contribution in [2.45, 2.75) is 26.1 Å². The van der Waals surface area contributed by atoms with E-state index >= 15 is 0 Å². The van der Waals surface area contributed by atoms with E-state index in [1.54, 1.807) is 6.92 Å². The van der Waals surface area contributed by atoms with Gasteiger partial charge in [-0.1, -0.05) is 48.5 Å². The van der Waals surface area contributed by atoms with Crippen LogP contribution in [-0.2, 0) is 0 Å². The number of ether oxygens (including phenoxy) is 1. The van der Waals surface area contributed by atoms with Gasteiger partial charge in [-0.3, -0.25) is 0 Å². The van der Waals surface area contributed by atoms with Crippen LogP contribution in [-0.4, -0.2) is 15.1 Å². The lowest BCUT2D eigenvalue weighted by atomic mass is 10.0. The van der Waals surface area contributed by atoms with Gasteiger partial charge >= 0.3 is 0 Å². The molecule has 0 aliphatic heterocycles. The Morgan fingerprint density at radius 1 is 0.852 bits per heavy atom. The molecule has 0 bridgehead atoms. The maximum atomic E-state index is 9.62. The number of para-hydroxylation sites is 2. The Bertz CT molecular complexity index is 1000. The first-order chi connectivity index (χ1) is 13.1. The highest BCUT2D eigenvalue weighted by Crippen LogP contribution is 2.27. The van der Waals surface area contributed by atoms with Crippen molar-refractivity contribution in [2.75, 3.05) is 0 Å². The van der Waals surface area contributed by atoms with Crippen molar-refractivity contribution in [1.82, 2.24) is 9.97 Å². The van der Waals surface area contributed by atoms with Gasteiger partial charge in [-0.05, 0) is 54.8 Å². The molecule has 3 aromatic carbocycles. The highest BCUT2D eigenvalue weighted by Gasteiger charge is 2.12. The molecule has 0 aliphatic rings. The molecule has 136 valence electrons. The number of H-pyrrole nitrogens is 1. The van der Waals surface area contributed by atoms with Gasteiger partial charge in [0.1, 0.15) is 11.6 Å². The fourth-order valence-corrected chi connectivity index (χ4v) is 3.11. The van der Waals surface area contributed by atoms with E-state index in [-0.39, 0.29) is 6.10 Å². The second kappa shape index (κ2) is 7.25. The molecule has 0 spiro atoms. The number of benzene rings is 3. The molecule has 0 radical (unpaired) electrons. The fourth-order valence-electron chi connectivity index (χ4n) is 3.11. The minimum atomic E-state index is -0.449. The third kappa shape index (κ3) is 3.71. The van der Waals surface area contributed by atoms with Crippen molar-refractivity contribution in [1.29, 1.82) is 0 Å². The van der Waals surface area contributed by atoms with Crippen LogP contribution >= 0.6 is 0 Å². The summed E-state index contributed by atoms with van der Waals surface area (Å²) in [6.07, 6.45) is -0.622. The van der Waals surface area contributed by atoms with Crippen LogP contribution in [0.3, 0.4) is 0 Å². The molecule has 0 aliphatic carbocycles. The lowest BCUT2D eigenvalue weighted by Crippen LogP contribution is -2.04. The second-order valence-electron chi connectivity index (χ2n) is 6.72. The van der Waals surface area contributed by atoms with Crippen molar-refractivity contribution in [3.05, 3.63) is 84.2 Å². The number of nitrogens with zero attached hydrogens (tertiary/aromatic N) is 1. The number of aliphatic hydroxyl groups excluding tert-OH is 1. The van der Waals surface area contributed by atoms with Crippen LogP contribution in [0.2, 0.25) is 0 Å². The Morgan fingerprint density at radius 3 is 2.11 bits per heavy atom. The highest BCUT2D eigenvalue weighted by molar-refractivity contribution is 5.74. The summed E-state index contributed by atoms with van der Waals surface area (Å²) in [6, 6.07) is 23.9. The van der Waals surface area contributed by atoms with Gasteiger partial charge in [-0.15, -0.1) is 0 Å². The van der Waals surface area contributed by atoms with E-state index in [9.17, 15) is 5.11 Å². The molecule has 1 aromatic heterocycles. The number of hydrogen-bond acceptors (Lipinski definition) is 3. The Kier molecular flexibility index (Phi) is 4.65. The van der Waals surface area contributed by atoms with E-state index in [4.69, 9.17) is 4.74 Å². The monoisotopic (exact) mass is 358 g/mol. The maximum Gasteiger partial charge on any atom is 0.153 e. The zero-order valence-electron chi connectivity index (χ0n) is 15.4. The van der Waals surface area contributed by atoms with E-state index in [1.165, 1.54) is 0 Å². The standard InChI is InChI=1S/C23H22N2O2/c1-15(26)17-7-9-18(10-8-17)19-11-13-20(14-12-19)27-16(2)23-24-21-5-3-4-6-22(21)25-23/h3-16,26H,1-2H3,(H,24,25). The largest absolute Gasteiger partial charge is 0.483 e. The molecule has 4 heteroatoms. The van der Waals surface area contributed by atoms with Crippen LogP contribution in [0.5, 0.6) is 5.75 Å². The normalized spacial score (nSPS) is 13.4. The van der Waals surface area contributed by atoms with E-state index < -0.39 is 6.10 Å². The van der Waals surface area contributed by atoms with Gasteiger partial charge in [-0.25, -0.2) is 4.98 Å². The van der Waals surface area contributed by atoms with Crippen molar-refractivity contribution in [2.24, 2.45) is 0 Å². The van der Waals surface area contributed by atoms with Gasteiger partial charge in [0.2, 0.25) is 0 Å². The molecular formula is C23H22N2O2. The molecule has 4 aromatic rings. The van der Waals surface area contributed by atoms with E-state index in [0.717, 1.165) is 39.3 Å². The summed E-state index contributed by atoms with van der Waals surface area (Å²) < 4.78 is 6.04. The quantitative estimate of drug-likeness (QED) is 0.500. The van der Waals surface area contributed by atoms with Gasteiger partial charge in [0.15, 0.2) is 6.10 Å². The smallest absolute Gasteiger partial charge is 0.153 e. The average molecular weight is 358 g/mol. The van der Waals surface area contributed by atoms with Gasteiger partial charge in [0.05, 0.1) is 17.1 Å². The Balaban J connectivity index is 1.48. The third-order valence-electron chi connectivity index (χ3n) is 4.69. The van der Waals surface area contributed by atoms with E-state index in [2.05, 4.69) is 9.97 Å². The van der Waals surface area contributed by atoms with Crippen molar-refractivity contribution in [3.8, 4) is 16.9 Å². The van der Waals surface area contributed by atoms with Gasteiger partial charge in [-0.2, -0.15) is 0 Å². The maximum absolute atomic E-state index is 9.62. The van der Waals surface area contributed by atoms with Crippen LogP contribution < -0.4 is 4.74 Å². The number of fused-ring (bicyclic) bond motifs is 1. The summed E-state index contributed by atoms with van der Waals surface area (Å²) >= 11 is 0. The molecule has 2 atom stereocenters. The molecular weight excluding hydrogens is 336 g/mol.